The molecule has 2 N–H and O–H groups in total. The van der Waals surface area contributed by atoms with E-state index in [1.165, 1.54) is 5.56 Å². The fraction of sp³-hybridized carbons (Fsp3) is 0.444. The van der Waals surface area contributed by atoms with E-state index in [0.29, 0.717) is 18.8 Å². The molecule has 2 saturated heterocycles. The van der Waals surface area contributed by atoms with Crippen LogP contribution in [-0.2, 0) is 20.9 Å². The molecule has 2 aromatic carbocycles. The molecule has 3 aliphatic rings. The summed E-state index contributed by atoms with van der Waals surface area (Å²) < 4.78 is 10.9. The minimum atomic E-state index is -0.807. The molecular weight excluding hydrogens is 474 g/mol. The Morgan fingerprint density at radius 1 is 1.00 bits per heavy atom. The molecule has 0 radical (unpaired) electrons. The lowest BCUT2D eigenvalue weighted by molar-refractivity contribution is -0.145. The summed E-state index contributed by atoms with van der Waals surface area (Å²) in [6, 6.07) is 12.7. The van der Waals surface area contributed by atoms with Crippen LogP contribution in [0.1, 0.15) is 17.5 Å². The monoisotopic (exact) mass is 507 g/mol. The number of aryl methyl sites for hydroxylation is 1. The van der Waals surface area contributed by atoms with E-state index in [1.807, 2.05) is 37.3 Å². The molecule has 0 aliphatic carbocycles. The highest BCUT2D eigenvalue weighted by Crippen LogP contribution is 2.32. The van der Waals surface area contributed by atoms with E-state index < -0.39 is 6.04 Å². The Balaban J connectivity index is 1.12. The third-order valence-electron chi connectivity index (χ3n) is 7.00. The number of carbonyl (C=O) groups is 3. The Kier molecular flexibility index (Phi) is 7.57. The van der Waals surface area contributed by atoms with Crippen LogP contribution in [0.3, 0.4) is 0 Å². The van der Waals surface area contributed by atoms with Gasteiger partial charge in [0.2, 0.25) is 24.5 Å². The summed E-state index contributed by atoms with van der Waals surface area (Å²) in [6.45, 7) is 7.24. The van der Waals surface area contributed by atoms with Crippen LogP contribution in [-0.4, -0.2) is 91.1 Å². The minimum absolute atomic E-state index is 0.0746. The summed E-state index contributed by atoms with van der Waals surface area (Å²) in [6.07, 6.45) is -0.0746. The van der Waals surface area contributed by atoms with Gasteiger partial charge in [-0.2, -0.15) is 0 Å². The molecule has 0 unspecified atom stereocenters. The van der Waals surface area contributed by atoms with Crippen molar-refractivity contribution in [2.45, 2.75) is 25.9 Å². The molecule has 0 aromatic heterocycles. The Morgan fingerprint density at radius 2 is 1.78 bits per heavy atom. The lowest BCUT2D eigenvalue weighted by Gasteiger charge is -2.38. The van der Waals surface area contributed by atoms with Crippen molar-refractivity contribution in [1.82, 2.24) is 20.0 Å². The Bertz CT molecular complexity index is 1160. The molecule has 1 atom stereocenters. The van der Waals surface area contributed by atoms with Crippen molar-refractivity contribution in [3.8, 4) is 11.5 Å². The first kappa shape index (κ1) is 25.0. The average Bonchev–Trinajstić information content (AvgIpc) is 3.34. The van der Waals surface area contributed by atoms with Crippen LogP contribution in [0.25, 0.3) is 0 Å². The molecule has 0 saturated carbocycles. The second-order valence-corrected chi connectivity index (χ2v) is 9.76. The number of ether oxygens (including phenoxy) is 2. The van der Waals surface area contributed by atoms with Crippen LogP contribution in [0.2, 0.25) is 0 Å². The highest BCUT2D eigenvalue weighted by molar-refractivity contribution is 5.97. The van der Waals surface area contributed by atoms with Crippen molar-refractivity contribution in [2.75, 3.05) is 57.9 Å². The van der Waals surface area contributed by atoms with Gasteiger partial charge in [0.05, 0.1) is 13.0 Å². The smallest absolute Gasteiger partial charge is 0.243 e. The summed E-state index contributed by atoms with van der Waals surface area (Å²) in [5.41, 5.74) is 2.87. The third-order valence-corrected chi connectivity index (χ3v) is 7.00. The number of hydrogen-bond acceptors (Lipinski definition) is 7. The quantitative estimate of drug-likeness (QED) is 0.581. The Labute approximate surface area is 216 Å². The Hall–Kier alpha value is -3.63. The summed E-state index contributed by atoms with van der Waals surface area (Å²) in [5.74, 6) is 0.876. The highest BCUT2D eigenvalue weighted by Gasteiger charge is 2.35. The second-order valence-electron chi connectivity index (χ2n) is 9.76. The van der Waals surface area contributed by atoms with Gasteiger partial charge in [0, 0.05) is 51.5 Å². The standard InChI is InChI=1S/C27H33N5O5/c1-19-3-2-4-21(13-19)29-25(33)15-22-27(35)28-7-8-32(22)26(34)17-31-11-9-30(10-12-31)16-20-5-6-23-24(14-20)37-18-36-23/h2-6,13-14,22H,7-12,15-18H2,1H3,(H,28,35)(H,29,33)/t22-/m0/s1. The first-order chi connectivity index (χ1) is 17.9. The number of carbonyl (C=O) groups excluding carboxylic acids is 3. The molecule has 5 rings (SSSR count). The van der Waals surface area contributed by atoms with Crippen molar-refractivity contribution in [3.63, 3.8) is 0 Å². The van der Waals surface area contributed by atoms with Gasteiger partial charge in [-0.1, -0.05) is 18.2 Å². The number of fused-ring (bicyclic) bond motifs is 1. The van der Waals surface area contributed by atoms with E-state index in [9.17, 15) is 14.4 Å². The molecular formula is C27H33N5O5. The molecule has 2 fully saturated rings. The number of rotatable bonds is 7. The number of nitrogens with one attached hydrogen (secondary N) is 2. The maximum absolute atomic E-state index is 13.2. The van der Waals surface area contributed by atoms with Crippen LogP contribution in [0, 0.1) is 6.92 Å². The van der Waals surface area contributed by atoms with Gasteiger partial charge in [-0.3, -0.25) is 24.2 Å². The number of benzene rings is 2. The van der Waals surface area contributed by atoms with Gasteiger partial charge in [-0.25, -0.2) is 0 Å². The molecule has 196 valence electrons. The van der Waals surface area contributed by atoms with Crippen molar-refractivity contribution >= 4 is 23.4 Å². The summed E-state index contributed by atoms with van der Waals surface area (Å²) in [4.78, 5) is 44.5. The van der Waals surface area contributed by atoms with Gasteiger partial charge < -0.3 is 25.0 Å². The van der Waals surface area contributed by atoms with Gasteiger partial charge in [-0.15, -0.1) is 0 Å². The topological polar surface area (TPSA) is 103 Å². The lowest BCUT2D eigenvalue weighted by atomic mass is 10.1. The summed E-state index contributed by atoms with van der Waals surface area (Å²) in [5, 5.41) is 5.64. The van der Waals surface area contributed by atoms with Crippen LogP contribution in [0.15, 0.2) is 42.5 Å². The zero-order valence-electron chi connectivity index (χ0n) is 21.1. The van der Waals surface area contributed by atoms with E-state index in [0.717, 1.165) is 49.8 Å². The lowest BCUT2D eigenvalue weighted by Crippen LogP contribution is -2.60. The van der Waals surface area contributed by atoms with Gasteiger partial charge in [-0.05, 0) is 42.3 Å². The minimum Gasteiger partial charge on any atom is -0.454 e. The van der Waals surface area contributed by atoms with E-state index in [1.54, 1.807) is 11.0 Å². The molecule has 37 heavy (non-hydrogen) atoms. The van der Waals surface area contributed by atoms with Crippen molar-refractivity contribution in [1.29, 1.82) is 0 Å². The maximum atomic E-state index is 13.2. The summed E-state index contributed by atoms with van der Waals surface area (Å²) >= 11 is 0. The largest absolute Gasteiger partial charge is 0.454 e. The molecule has 3 amide bonds. The van der Waals surface area contributed by atoms with E-state index in [2.05, 4.69) is 26.5 Å². The zero-order valence-corrected chi connectivity index (χ0v) is 21.1. The molecule has 3 aliphatic heterocycles. The highest BCUT2D eigenvalue weighted by atomic mass is 16.7. The van der Waals surface area contributed by atoms with Gasteiger partial charge in [0.15, 0.2) is 11.5 Å². The molecule has 2 aromatic rings. The van der Waals surface area contributed by atoms with Crippen molar-refractivity contribution in [2.24, 2.45) is 0 Å². The summed E-state index contributed by atoms with van der Waals surface area (Å²) in [7, 11) is 0. The third kappa shape index (κ3) is 6.20. The predicted octanol–water partition coefficient (Wildman–Crippen LogP) is 1.20. The Morgan fingerprint density at radius 3 is 2.59 bits per heavy atom. The number of piperazine rings is 2. The molecule has 3 heterocycles. The van der Waals surface area contributed by atoms with Crippen LogP contribution < -0.4 is 20.1 Å². The average molecular weight is 508 g/mol. The normalized spacial score (nSPS) is 20.0. The number of nitrogens with zero attached hydrogens (tertiary/aromatic N) is 3. The number of amides is 3. The molecule has 0 spiro atoms. The zero-order chi connectivity index (χ0) is 25.8. The second kappa shape index (κ2) is 11.2. The van der Waals surface area contributed by atoms with Crippen LogP contribution in [0.5, 0.6) is 11.5 Å². The van der Waals surface area contributed by atoms with E-state index in [-0.39, 0.29) is 37.5 Å². The van der Waals surface area contributed by atoms with Crippen LogP contribution >= 0.6 is 0 Å². The fourth-order valence-corrected chi connectivity index (χ4v) is 5.01. The first-order valence-electron chi connectivity index (χ1n) is 12.7. The van der Waals surface area contributed by atoms with E-state index in [4.69, 9.17) is 9.47 Å². The maximum Gasteiger partial charge on any atom is 0.243 e. The van der Waals surface area contributed by atoms with Gasteiger partial charge in [0.25, 0.3) is 0 Å². The first-order valence-corrected chi connectivity index (χ1v) is 12.7. The predicted molar refractivity (Wildman–Crippen MR) is 137 cm³/mol. The van der Waals surface area contributed by atoms with Crippen molar-refractivity contribution < 1.29 is 23.9 Å². The van der Waals surface area contributed by atoms with Gasteiger partial charge in [0.1, 0.15) is 6.04 Å². The molecule has 0 bridgehead atoms. The van der Waals surface area contributed by atoms with Gasteiger partial charge >= 0.3 is 0 Å². The van der Waals surface area contributed by atoms with Crippen LogP contribution in [0.4, 0.5) is 5.69 Å². The SMILES string of the molecule is Cc1cccc(NC(=O)C[C@H]2C(=O)NCCN2C(=O)CN2CCN(Cc3ccc4c(c3)OCO4)CC2)c1. The van der Waals surface area contributed by atoms with Crippen molar-refractivity contribution in [3.05, 3.63) is 53.6 Å². The molecule has 10 nitrogen and oxygen atoms in total. The number of hydrogen-bond donors (Lipinski definition) is 2. The molecule has 10 heteroatoms. The number of anilines is 1. The van der Waals surface area contributed by atoms with E-state index >= 15 is 0 Å². The fourth-order valence-electron chi connectivity index (χ4n) is 5.01.